The lowest BCUT2D eigenvalue weighted by atomic mass is 10.1. The van der Waals surface area contributed by atoms with Gasteiger partial charge in [-0.25, -0.2) is 9.36 Å². The molecule has 12 heteroatoms. The number of hydrogen-bond donors (Lipinski definition) is 4. The van der Waals surface area contributed by atoms with Gasteiger partial charge in [-0.1, -0.05) is 157 Å². The zero-order valence-corrected chi connectivity index (χ0v) is 34.3. The van der Waals surface area contributed by atoms with Crippen LogP contribution in [0.3, 0.4) is 0 Å². The largest absolute Gasteiger partial charge is 0.480 e. The maximum Gasteiger partial charge on any atom is 0.472 e. The van der Waals surface area contributed by atoms with Gasteiger partial charge in [-0.05, 0) is 51.4 Å². The second-order valence-corrected chi connectivity index (χ2v) is 14.6. The molecule has 0 radical (unpaired) electrons. The van der Waals surface area contributed by atoms with E-state index in [2.05, 4.69) is 79.9 Å². The Kier molecular flexibility index (Phi) is 35.3. The molecule has 0 spiro atoms. The van der Waals surface area contributed by atoms with Crippen LogP contribution in [0.2, 0.25) is 0 Å². The minimum Gasteiger partial charge on any atom is -0.480 e. The molecular formula is C43H70NO10P. The van der Waals surface area contributed by atoms with E-state index in [0.717, 1.165) is 57.8 Å². The van der Waals surface area contributed by atoms with Crippen LogP contribution in [0.25, 0.3) is 0 Å². The van der Waals surface area contributed by atoms with Crippen molar-refractivity contribution < 1.29 is 47.8 Å². The molecule has 312 valence electrons. The molecule has 0 aromatic rings. The van der Waals surface area contributed by atoms with Crippen molar-refractivity contribution in [1.82, 2.24) is 5.32 Å². The molecule has 3 unspecified atom stereocenters. The predicted octanol–water partition coefficient (Wildman–Crippen LogP) is 9.94. The van der Waals surface area contributed by atoms with Crippen LogP contribution in [-0.2, 0) is 32.7 Å². The number of phosphoric acid groups is 1. The first-order valence-electron chi connectivity index (χ1n) is 20.1. The molecule has 0 fully saturated rings. The summed E-state index contributed by atoms with van der Waals surface area (Å²) >= 11 is 0. The molecule has 0 aromatic carbocycles. The summed E-state index contributed by atoms with van der Waals surface area (Å²) in [5.74, 6) is -2.56. The van der Waals surface area contributed by atoms with Gasteiger partial charge in [-0.3, -0.25) is 18.6 Å². The van der Waals surface area contributed by atoms with Crippen LogP contribution in [0.5, 0.6) is 0 Å². The predicted molar refractivity (Wildman–Crippen MR) is 221 cm³/mol. The summed E-state index contributed by atoms with van der Waals surface area (Å²) in [4.78, 5) is 45.7. The second kappa shape index (κ2) is 37.6. The first-order valence-corrected chi connectivity index (χ1v) is 21.6. The number of nitrogens with one attached hydrogen (secondary N) is 1. The van der Waals surface area contributed by atoms with Crippen LogP contribution in [0.1, 0.15) is 136 Å². The minimum atomic E-state index is -4.78. The maximum absolute atomic E-state index is 12.2. The Bertz CT molecular complexity index is 1250. The minimum absolute atomic E-state index is 0.0935. The first kappa shape index (κ1) is 51.7. The molecule has 11 nitrogen and oxygen atoms in total. The summed E-state index contributed by atoms with van der Waals surface area (Å²) in [6, 6.07) is -1.61. The Hall–Kier alpha value is -3.34. The molecule has 4 N–H and O–H groups in total. The number of aliphatic hydroxyl groups excluding tert-OH is 1. The van der Waals surface area contributed by atoms with Crippen molar-refractivity contribution in [3.63, 3.8) is 0 Å². The highest BCUT2D eigenvalue weighted by Gasteiger charge is 2.28. The molecule has 0 aliphatic heterocycles. The van der Waals surface area contributed by atoms with E-state index in [1.54, 1.807) is 12.2 Å². The number of ether oxygens (including phenoxy) is 1. The summed E-state index contributed by atoms with van der Waals surface area (Å²) in [5.41, 5.74) is 0. The third-order valence-electron chi connectivity index (χ3n) is 7.98. The lowest BCUT2D eigenvalue weighted by molar-refractivity contribution is -0.147. The lowest BCUT2D eigenvalue weighted by Crippen LogP contribution is -2.43. The monoisotopic (exact) mass is 791 g/mol. The molecule has 0 aliphatic rings. The number of carboxylic acids is 1. The van der Waals surface area contributed by atoms with Crippen LogP contribution >= 0.6 is 7.82 Å². The number of unbranched alkanes of at least 4 members (excludes halogenated alkanes) is 9. The highest BCUT2D eigenvalue weighted by molar-refractivity contribution is 7.47. The van der Waals surface area contributed by atoms with Gasteiger partial charge in [0.05, 0.1) is 13.2 Å². The molecular weight excluding hydrogens is 721 g/mol. The molecule has 0 aromatic heterocycles. The van der Waals surface area contributed by atoms with E-state index in [9.17, 15) is 34.1 Å². The van der Waals surface area contributed by atoms with Gasteiger partial charge in [0.1, 0.15) is 12.7 Å². The van der Waals surface area contributed by atoms with Crippen molar-refractivity contribution in [3.05, 3.63) is 85.1 Å². The van der Waals surface area contributed by atoms with Gasteiger partial charge in [-0.15, -0.1) is 0 Å². The molecule has 1 amide bonds. The van der Waals surface area contributed by atoms with Crippen molar-refractivity contribution in [2.45, 2.75) is 148 Å². The van der Waals surface area contributed by atoms with Crippen molar-refractivity contribution in [2.75, 3.05) is 19.8 Å². The number of rotatable bonds is 36. The number of phosphoric ester groups is 1. The van der Waals surface area contributed by atoms with E-state index in [1.807, 2.05) is 12.2 Å². The fourth-order valence-electron chi connectivity index (χ4n) is 4.86. The average Bonchev–Trinajstić information content (AvgIpc) is 3.16. The first-order chi connectivity index (χ1) is 26.6. The van der Waals surface area contributed by atoms with Crippen LogP contribution < -0.4 is 5.32 Å². The van der Waals surface area contributed by atoms with Crippen LogP contribution in [0.4, 0.5) is 0 Å². The van der Waals surface area contributed by atoms with E-state index >= 15 is 0 Å². The Labute approximate surface area is 331 Å². The van der Waals surface area contributed by atoms with Gasteiger partial charge < -0.3 is 25.2 Å². The maximum atomic E-state index is 12.2. The summed E-state index contributed by atoms with van der Waals surface area (Å²) in [6.07, 6.45) is 45.1. The summed E-state index contributed by atoms with van der Waals surface area (Å²) in [5, 5.41) is 21.6. The summed E-state index contributed by atoms with van der Waals surface area (Å²) < 4.78 is 26.7. The van der Waals surface area contributed by atoms with Crippen molar-refractivity contribution >= 4 is 25.7 Å². The fraction of sp³-hybridized carbons (Fsp3) is 0.605. The quantitative estimate of drug-likeness (QED) is 0.0207. The zero-order chi connectivity index (χ0) is 40.7. The molecule has 0 rings (SSSR count). The molecule has 55 heavy (non-hydrogen) atoms. The third-order valence-corrected chi connectivity index (χ3v) is 8.93. The van der Waals surface area contributed by atoms with Crippen LogP contribution in [0.15, 0.2) is 85.1 Å². The van der Waals surface area contributed by atoms with Gasteiger partial charge in [0, 0.05) is 12.8 Å². The molecule has 3 atom stereocenters. The van der Waals surface area contributed by atoms with E-state index in [0.29, 0.717) is 12.8 Å². The highest BCUT2D eigenvalue weighted by atomic mass is 31.2. The fourth-order valence-corrected chi connectivity index (χ4v) is 5.64. The summed E-state index contributed by atoms with van der Waals surface area (Å²) in [7, 11) is -4.78. The van der Waals surface area contributed by atoms with E-state index in [-0.39, 0.29) is 12.8 Å². The number of allylic oxidation sites excluding steroid dienone is 13. The number of amides is 1. The Morgan fingerprint density at radius 2 is 1.02 bits per heavy atom. The van der Waals surface area contributed by atoms with Crippen molar-refractivity contribution in [1.29, 1.82) is 0 Å². The van der Waals surface area contributed by atoms with Gasteiger partial charge in [0.2, 0.25) is 5.91 Å². The standard InChI is InChI=1S/C43H70NO10P/c1-3-5-7-9-11-13-15-16-17-18-19-20-21-22-23-24-25-26-28-30-32-34-41(46)44-40(43(48)49)38-54-55(50,51)53-37-39(45)36-52-42(47)35-33-31-29-27-14-12-10-8-6-4-2/h5,7,11,13,16-17,19-20,22-23,25-26,30,32,39-40,45H,3-4,6,8-10,12,14-15,18,21,24,27-29,31,33-38H2,1-2H3,(H,44,46)(H,48,49)(H,50,51)/b7-5-,13-11-,17-16-,20-19-,23-22-,26-25-,32-30-. The van der Waals surface area contributed by atoms with Crippen molar-refractivity contribution in [3.8, 4) is 0 Å². The van der Waals surface area contributed by atoms with Gasteiger partial charge in [0.25, 0.3) is 0 Å². The molecule has 0 saturated carbocycles. The van der Waals surface area contributed by atoms with E-state index in [4.69, 9.17) is 13.8 Å². The third kappa shape index (κ3) is 37.4. The van der Waals surface area contributed by atoms with E-state index in [1.165, 1.54) is 38.5 Å². The number of carboxylic acid groups (broad SMARTS) is 1. The topological polar surface area (TPSA) is 169 Å². The number of aliphatic carboxylic acids is 1. The molecule has 0 aliphatic carbocycles. The van der Waals surface area contributed by atoms with Gasteiger partial charge >= 0.3 is 19.8 Å². The van der Waals surface area contributed by atoms with Crippen LogP contribution in [0, 0.1) is 0 Å². The zero-order valence-electron chi connectivity index (χ0n) is 33.4. The van der Waals surface area contributed by atoms with E-state index < -0.39 is 57.6 Å². The Balaban J connectivity index is 4.12. The molecule has 0 heterocycles. The summed E-state index contributed by atoms with van der Waals surface area (Å²) in [6.45, 7) is 2.36. The smallest absolute Gasteiger partial charge is 0.472 e. The number of hydrogen-bond acceptors (Lipinski definition) is 8. The SMILES string of the molecule is CC/C=C\C/C=C\C/C=C\C/C=C\C/C=C\C/C=C\C/C=C\CC(=O)NC(COP(=O)(O)OCC(O)COC(=O)CCCCCCCCCCCC)C(=O)O. The number of esters is 1. The van der Waals surface area contributed by atoms with Crippen LogP contribution in [-0.4, -0.2) is 64.9 Å². The van der Waals surface area contributed by atoms with Gasteiger partial charge in [0.15, 0.2) is 6.04 Å². The van der Waals surface area contributed by atoms with Gasteiger partial charge in [-0.2, -0.15) is 0 Å². The molecule has 0 bridgehead atoms. The number of aliphatic hydroxyl groups is 1. The Morgan fingerprint density at radius 3 is 1.47 bits per heavy atom. The second-order valence-electron chi connectivity index (χ2n) is 13.1. The number of carbonyl (C=O) groups excluding carboxylic acids is 2. The highest BCUT2D eigenvalue weighted by Crippen LogP contribution is 2.43. The average molecular weight is 792 g/mol. The Morgan fingerprint density at radius 1 is 0.600 bits per heavy atom. The number of carbonyl (C=O) groups is 3. The lowest BCUT2D eigenvalue weighted by Gasteiger charge is -2.18. The normalized spacial score (nSPS) is 14.7. The van der Waals surface area contributed by atoms with Crippen molar-refractivity contribution in [2.24, 2.45) is 0 Å². The molecule has 0 saturated heterocycles.